The van der Waals surface area contributed by atoms with E-state index in [0.717, 1.165) is 11.4 Å². The van der Waals surface area contributed by atoms with Gasteiger partial charge in [0.1, 0.15) is 5.37 Å². The molecule has 0 radical (unpaired) electrons. The number of aromatic nitrogens is 1. The Kier molecular flexibility index (Phi) is 3.89. The maximum atomic E-state index is 12.7. The van der Waals surface area contributed by atoms with Crippen LogP contribution in [-0.4, -0.2) is 32.6 Å². The summed E-state index contributed by atoms with van der Waals surface area (Å²) in [5.41, 5.74) is 1.55. The summed E-state index contributed by atoms with van der Waals surface area (Å²) in [6, 6.07) is 9.75. The maximum Gasteiger partial charge on any atom is 0.269 e. The molecule has 1 aromatic heterocycles. The first-order valence-electron chi connectivity index (χ1n) is 6.86. The summed E-state index contributed by atoms with van der Waals surface area (Å²) in [7, 11) is 1.96. The van der Waals surface area contributed by atoms with Crippen molar-refractivity contribution in [2.24, 2.45) is 7.05 Å². The van der Waals surface area contributed by atoms with Crippen molar-refractivity contribution in [2.45, 2.75) is 5.37 Å². The van der Waals surface area contributed by atoms with Crippen molar-refractivity contribution in [3.63, 3.8) is 0 Å². The Bertz CT molecular complexity index is 711. The van der Waals surface area contributed by atoms with Crippen LogP contribution in [0.5, 0.6) is 0 Å². The molecule has 114 valence electrons. The highest BCUT2D eigenvalue weighted by Crippen LogP contribution is 2.38. The number of carbonyl (C=O) groups excluding carboxylic acids is 1. The highest BCUT2D eigenvalue weighted by atomic mass is 32.2. The van der Waals surface area contributed by atoms with E-state index in [1.54, 1.807) is 11.8 Å². The van der Waals surface area contributed by atoms with Gasteiger partial charge in [0.25, 0.3) is 11.6 Å². The standard InChI is InChI=1S/C15H15N3O3S/c1-16-8-2-3-13(16)15-17(9-10-22-15)14(19)11-4-6-12(7-5-11)18(20)21/h2-8,15H,9-10H2,1H3. The van der Waals surface area contributed by atoms with Gasteiger partial charge in [-0.3, -0.25) is 14.9 Å². The molecule has 0 bridgehead atoms. The van der Waals surface area contributed by atoms with Gasteiger partial charge in [0.05, 0.1) is 10.6 Å². The highest BCUT2D eigenvalue weighted by molar-refractivity contribution is 7.99. The van der Waals surface area contributed by atoms with E-state index in [4.69, 9.17) is 0 Å². The minimum absolute atomic E-state index is 0.00803. The van der Waals surface area contributed by atoms with Crippen LogP contribution in [0.15, 0.2) is 42.6 Å². The molecule has 0 spiro atoms. The first-order chi connectivity index (χ1) is 10.6. The number of non-ortho nitro benzene ring substituents is 1. The van der Waals surface area contributed by atoms with E-state index in [9.17, 15) is 14.9 Å². The Morgan fingerprint density at radius 1 is 1.32 bits per heavy atom. The zero-order valence-electron chi connectivity index (χ0n) is 12.0. The Labute approximate surface area is 131 Å². The first kappa shape index (κ1) is 14.6. The number of aryl methyl sites for hydroxylation is 1. The Hall–Kier alpha value is -2.28. The number of nitro groups is 1. The molecule has 0 saturated carbocycles. The van der Waals surface area contributed by atoms with Gasteiger partial charge < -0.3 is 9.47 Å². The molecule has 2 aromatic rings. The van der Waals surface area contributed by atoms with Crippen LogP contribution in [0.2, 0.25) is 0 Å². The fourth-order valence-electron chi connectivity index (χ4n) is 2.55. The molecule has 7 heteroatoms. The van der Waals surface area contributed by atoms with E-state index in [0.29, 0.717) is 12.1 Å². The normalized spacial score (nSPS) is 17.7. The summed E-state index contributed by atoms with van der Waals surface area (Å²) in [5.74, 6) is 0.792. The van der Waals surface area contributed by atoms with Crippen LogP contribution in [0.3, 0.4) is 0 Å². The first-order valence-corrected chi connectivity index (χ1v) is 7.91. The molecule has 1 aliphatic rings. The Morgan fingerprint density at radius 2 is 2.05 bits per heavy atom. The van der Waals surface area contributed by atoms with Gasteiger partial charge in [-0.25, -0.2) is 0 Å². The zero-order valence-corrected chi connectivity index (χ0v) is 12.8. The lowest BCUT2D eigenvalue weighted by atomic mass is 10.1. The number of carbonyl (C=O) groups is 1. The number of benzene rings is 1. The van der Waals surface area contributed by atoms with Crippen molar-refractivity contribution in [3.05, 3.63) is 64.0 Å². The van der Waals surface area contributed by atoms with E-state index in [1.165, 1.54) is 24.3 Å². The van der Waals surface area contributed by atoms with Crippen LogP contribution in [-0.2, 0) is 7.05 Å². The van der Waals surface area contributed by atoms with Gasteiger partial charge in [-0.1, -0.05) is 0 Å². The maximum absolute atomic E-state index is 12.7. The van der Waals surface area contributed by atoms with Crippen LogP contribution in [0.25, 0.3) is 0 Å². The second-order valence-electron chi connectivity index (χ2n) is 5.07. The van der Waals surface area contributed by atoms with Crippen LogP contribution in [0.1, 0.15) is 21.4 Å². The van der Waals surface area contributed by atoms with E-state index in [1.807, 2.05) is 34.8 Å². The Balaban J connectivity index is 1.84. The molecule has 6 nitrogen and oxygen atoms in total. The largest absolute Gasteiger partial charge is 0.352 e. The molecule has 1 atom stereocenters. The van der Waals surface area contributed by atoms with Crippen LogP contribution >= 0.6 is 11.8 Å². The van der Waals surface area contributed by atoms with Gasteiger partial charge in [-0.05, 0) is 24.3 Å². The fraction of sp³-hybridized carbons (Fsp3) is 0.267. The molecular weight excluding hydrogens is 302 g/mol. The molecule has 0 N–H and O–H groups in total. The van der Waals surface area contributed by atoms with Crippen LogP contribution in [0, 0.1) is 10.1 Å². The molecule has 22 heavy (non-hydrogen) atoms. The predicted molar refractivity (Wildman–Crippen MR) is 84.7 cm³/mol. The smallest absolute Gasteiger partial charge is 0.269 e. The van der Waals surface area contributed by atoms with Gasteiger partial charge in [0, 0.05) is 43.2 Å². The molecule has 1 aromatic carbocycles. The van der Waals surface area contributed by atoms with Crippen molar-refractivity contribution < 1.29 is 9.72 Å². The SMILES string of the molecule is Cn1cccc1C1SCCN1C(=O)c1ccc([N+](=O)[O-])cc1. The number of thioether (sulfide) groups is 1. The summed E-state index contributed by atoms with van der Waals surface area (Å²) in [6.45, 7) is 0.677. The Morgan fingerprint density at radius 3 is 2.64 bits per heavy atom. The highest BCUT2D eigenvalue weighted by Gasteiger charge is 2.32. The molecule has 1 saturated heterocycles. The third-order valence-corrected chi connectivity index (χ3v) is 4.94. The average Bonchev–Trinajstić information content (AvgIpc) is 3.14. The van der Waals surface area contributed by atoms with Crippen molar-refractivity contribution in [3.8, 4) is 0 Å². The lowest BCUT2D eigenvalue weighted by molar-refractivity contribution is -0.384. The van der Waals surface area contributed by atoms with E-state index in [-0.39, 0.29) is 17.0 Å². The summed E-state index contributed by atoms with van der Waals surface area (Å²) in [5, 5.41) is 10.7. The van der Waals surface area contributed by atoms with Gasteiger partial charge >= 0.3 is 0 Å². The topological polar surface area (TPSA) is 68.4 Å². The van der Waals surface area contributed by atoms with Crippen molar-refractivity contribution >= 4 is 23.4 Å². The molecule has 0 aliphatic carbocycles. The summed E-state index contributed by atoms with van der Waals surface area (Å²) >= 11 is 1.73. The van der Waals surface area contributed by atoms with Crippen LogP contribution < -0.4 is 0 Å². The molecule has 3 rings (SSSR count). The third-order valence-electron chi connectivity index (χ3n) is 3.71. The summed E-state index contributed by atoms with van der Waals surface area (Å²) in [4.78, 5) is 24.7. The molecule has 1 unspecified atom stereocenters. The minimum atomic E-state index is -0.466. The fourth-order valence-corrected chi connectivity index (χ4v) is 3.87. The minimum Gasteiger partial charge on any atom is -0.352 e. The molecule has 2 heterocycles. The number of hydrogen-bond donors (Lipinski definition) is 0. The average molecular weight is 317 g/mol. The number of rotatable bonds is 3. The number of hydrogen-bond acceptors (Lipinski definition) is 4. The third kappa shape index (κ3) is 2.59. The van der Waals surface area contributed by atoms with Gasteiger partial charge in [-0.2, -0.15) is 0 Å². The second-order valence-corrected chi connectivity index (χ2v) is 6.26. The van der Waals surface area contributed by atoms with E-state index in [2.05, 4.69) is 0 Å². The number of amides is 1. The van der Waals surface area contributed by atoms with Gasteiger partial charge in [-0.15, -0.1) is 11.8 Å². The van der Waals surface area contributed by atoms with E-state index >= 15 is 0 Å². The number of nitro benzene ring substituents is 1. The zero-order chi connectivity index (χ0) is 15.7. The molecule has 1 amide bonds. The van der Waals surface area contributed by atoms with Crippen molar-refractivity contribution in [1.82, 2.24) is 9.47 Å². The quantitative estimate of drug-likeness (QED) is 0.645. The lowest BCUT2D eigenvalue weighted by Crippen LogP contribution is -2.31. The number of nitrogens with zero attached hydrogens (tertiary/aromatic N) is 3. The summed E-state index contributed by atoms with van der Waals surface area (Å²) in [6.07, 6.45) is 1.96. The molecular formula is C15H15N3O3S. The van der Waals surface area contributed by atoms with Crippen LogP contribution in [0.4, 0.5) is 5.69 Å². The molecule has 1 aliphatic heterocycles. The second kappa shape index (κ2) is 5.84. The van der Waals surface area contributed by atoms with Gasteiger partial charge in [0.15, 0.2) is 0 Å². The van der Waals surface area contributed by atoms with Crippen molar-refractivity contribution in [1.29, 1.82) is 0 Å². The summed E-state index contributed by atoms with van der Waals surface area (Å²) < 4.78 is 2.01. The monoisotopic (exact) mass is 317 g/mol. The van der Waals surface area contributed by atoms with Gasteiger partial charge in [0.2, 0.25) is 0 Å². The van der Waals surface area contributed by atoms with Crippen molar-refractivity contribution in [2.75, 3.05) is 12.3 Å². The van der Waals surface area contributed by atoms with E-state index < -0.39 is 4.92 Å². The molecule has 1 fully saturated rings. The lowest BCUT2D eigenvalue weighted by Gasteiger charge is -2.24. The predicted octanol–water partition coefficient (Wildman–Crippen LogP) is 2.82.